The van der Waals surface area contributed by atoms with Gasteiger partial charge in [0.05, 0.1) is 13.7 Å². The molecular formula is C12H16N4O2. The number of aromatic nitrogens is 3. The fraction of sp³-hybridized carbons (Fsp3) is 0.333. The second-order valence-corrected chi connectivity index (χ2v) is 3.79. The number of rotatable bonds is 5. The van der Waals surface area contributed by atoms with Crippen LogP contribution in [0.5, 0.6) is 5.75 Å². The number of anilines is 1. The van der Waals surface area contributed by atoms with Gasteiger partial charge in [-0.2, -0.15) is 0 Å². The quantitative estimate of drug-likeness (QED) is 0.804. The van der Waals surface area contributed by atoms with Gasteiger partial charge in [0.15, 0.2) is 5.82 Å². The Morgan fingerprint density at radius 1 is 1.33 bits per heavy atom. The standard InChI is InChI=1S/C12H16N4O2/c1-17-6-5-16-8-14-15-12(16)10-4-3-9(18-2)7-11(10)13/h3-4,7-8H,5-6,13H2,1-2H3. The van der Waals surface area contributed by atoms with Gasteiger partial charge in [0.2, 0.25) is 0 Å². The second kappa shape index (κ2) is 5.50. The van der Waals surface area contributed by atoms with Gasteiger partial charge in [-0.1, -0.05) is 0 Å². The molecule has 0 bridgehead atoms. The molecule has 1 aromatic heterocycles. The Balaban J connectivity index is 2.33. The number of methoxy groups -OCH3 is 2. The van der Waals surface area contributed by atoms with E-state index in [2.05, 4.69) is 10.2 Å². The van der Waals surface area contributed by atoms with Gasteiger partial charge in [-0.3, -0.25) is 0 Å². The van der Waals surface area contributed by atoms with Crippen LogP contribution in [0, 0.1) is 0 Å². The number of hydrogen-bond donors (Lipinski definition) is 1. The SMILES string of the molecule is COCCn1cnnc1-c1ccc(OC)cc1N. The Morgan fingerprint density at radius 3 is 2.83 bits per heavy atom. The van der Waals surface area contributed by atoms with Gasteiger partial charge in [0.25, 0.3) is 0 Å². The molecule has 0 aliphatic carbocycles. The van der Waals surface area contributed by atoms with Gasteiger partial charge >= 0.3 is 0 Å². The van der Waals surface area contributed by atoms with Crippen LogP contribution in [0.2, 0.25) is 0 Å². The molecule has 0 unspecified atom stereocenters. The van der Waals surface area contributed by atoms with E-state index in [-0.39, 0.29) is 0 Å². The Kier molecular flexibility index (Phi) is 3.78. The lowest BCUT2D eigenvalue weighted by atomic mass is 10.1. The minimum absolute atomic E-state index is 0.598. The third-order valence-corrected chi connectivity index (χ3v) is 2.65. The molecule has 96 valence electrons. The van der Waals surface area contributed by atoms with Crippen molar-refractivity contribution in [3.05, 3.63) is 24.5 Å². The van der Waals surface area contributed by atoms with Crippen molar-refractivity contribution < 1.29 is 9.47 Å². The zero-order chi connectivity index (χ0) is 13.0. The normalized spacial score (nSPS) is 10.6. The Morgan fingerprint density at radius 2 is 2.17 bits per heavy atom. The predicted molar refractivity (Wildman–Crippen MR) is 68.3 cm³/mol. The maximum absolute atomic E-state index is 5.99. The minimum atomic E-state index is 0.598. The average molecular weight is 248 g/mol. The molecule has 0 aliphatic heterocycles. The van der Waals surface area contributed by atoms with E-state index in [1.807, 2.05) is 16.7 Å². The van der Waals surface area contributed by atoms with Crippen LogP contribution in [0.25, 0.3) is 11.4 Å². The van der Waals surface area contributed by atoms with Gasteiger partial charge in [0, 0.05) is 31.0 Å². The molecule has 0 amide bonds. The van der Waals surface area contributed by atoms with E-state index in [1.54, 1.807) is 26.6 Å². The smallest absolute Gasteiger partial charge is 0.165 e. The van der Waals surface area contributed by atoms with Crippen LogP contribution in [0.15, 0.2) is 24.5 Å². The fourth-order valence-corrected chi connectivity index (χ4v) is 1.69. The molecule has 0 saturated heterocycles. The van der Waals surface area contributed by atoms with Gasteiger partial charge in [0.1, 0.15) is 12.1 Å². The first-order valence-corrected chi connectivity index (χ1v) is 5.57. The van der Waals surface area contributed by atoms with Crippen molar-refractivity contribution in [2.24, 2.45) is 0 Å². The van der Waals surface area contributed by atoms with Crippen molar-refractivity contribution in [3.63, 3.8) is 0 Å². The molecule has 0 spiro atoms. The third-order valence-electron chi connectivity index (χ3n) is 2.65. The lowest BCUT2D eigenvalue weighted by molar-refractivity contribution is 0.187. The first-order valence-electron chi connectivity index (χ1n) is 5.57. The van der Waals surface area contributed by atoms with Crippen molar-refractivity contribution >= 4 is 5.69 Å². The molecule has 18 heavy (non-hydrogen) atoms. The zero-order valence-electron chi connectivity index (χ0n) is 10.5. The summed E-state index contributed by atoms with van der Waals surface area (Å²) in [4.78, 5) is 0. The molecule has 0 aliphatic rings. The highest BCUT2D eigenvalue weighted by molar-refractivity contribution is 5.73. The predicted octanol–water partition coefficient (Wildman–Crippen LogP) is 1.18. The number of nitrogens with two attached hydrogens (primary N) is 1. The summed E-state index contributed by atoms with van der Waals surface area (Å²) in [7, 11) is 3.27. The molecule has 6 nitrogen and oxygen atoms in total. The third kappa shape index (κ3) is 2.43. The van der Waals surface area contributed by atoms with Crippen molar-refractivity contribution in [1.29, 1.82) is 0 Å². The minimum Gasteiger partial charge on any atom is -0.497 e. The van der Waals surface area contributed by atoms with Crippen molar-refractivity contribution in [2.45, 2.75) is 6.54 Å². The molecule has 2 aromatic rings. The number of ether oxygens (including phenoxy) is 2. The molecule has 0 fully saturated rings. The molecule has 1 heterocycles. The second-order valence-electron chi connectivity index (χ2n) is 3.79. The summed E-state index contributed by atoms with van der Waals surface area (Å²) in [5, 5.41) is 8.00. The van der Waals surface area contributed by atoms with Crippen LogP contribution < -0.4 is 10.5 Å². The van der Waals surface area contributed by atoms with E-state index in [1.165, 1.54) is 0 Å². The van der Waals surface area contributed by atoms with E-state index in [9.17, 15) is 0 Å². The fourth-order valence-electron chi connectivity index (χ4n) is 1.69. The van der Waals surface area contributed by atoms with Crippen LogP contribution in [0.1, 0.15) is 0 Å². The molecule has 0 radical (unpaired) electrons. The highest BCUT2D eigenvalue weighted by Crippen LogP contribution is 2.27. The highest BCUT2D eigenvalue weighted by Gasteiger charge is 2.11. The van der Waals surface area contributed by atoms with Crippen molar-refractivity contribution in [1.82, 2.24) is 14.8 Å². The topological polar surface area (TPSA) is 75.2 Å². The van der Waals surface area contributed by atoms with Crippen LogP contribution in [-0.2, 0) is 11.3 Å². The number of hydrogen-bond acceptors (Lipinski definition) is 5. The Labute approximate surface area is 105 Å². The molecule has 0 atom stereocenters. The van der Waals surface area contributed by atoms with Gasteiger partial charge < -0.3 is 19.8 Å². The van der Waals surface area contributed by atoms with Crippen LogP contribution in [0.3, 0.4) is 0 Å². The van der Waals surface area contributed by atoms with Crippen molar-refractivity contribution in [2.75, 3.05) is 26.6 Å². The summed E-state index contributed by atoms with van der Waals surface area (Å²) in [6, 6.07) is 5.49. The average Bonchev–Trinajstić information content (AvgIpc) is 2.84. The van der Waals surface area contributed by atoms with E-state index in [0.717, 1.165) is 17.1 Å². The Bertz CT molecular complexity index is 525. The molecule has 1 aromatic carbocycles. The molecule has 6 heteroatoms. The van der Waals surface area contributed by atoms with Gasteiger partial charge in [-0.05, 0) is 12.1 Å². The lowest BCUT2D eigenvalue weighted by Gasteiger charge is -2.09. The summed E-state index contributed by atoms with van der Waals surface area (Å²) < 4.78 is 12.1. The Hall–Kier alpha value is -2.08. The summed E-state index contributed by atoms with van der Waals surface area (Å²) >= 11 is 0. The van der Waals surface area contributed by atoms with Crippen LogP contribution >= 0.6 is 0 Å². The first-order chi connectivity index (χ1) is 8.76. The maximum atomic E-state index is 5.99. The van der Waals surface area contributed by atoms with E-state index < -0.39 is 0 Å². The molecule has 2 N–H and O–H groups in total. The molecular weight excluding hydrogens is 232 g/mol. The summed E-state index contributed by atoms with van der Waals surface area (Å²) in [5.74, 6) is 1.45. The summed E-state index contributed by atoms with van der Waals surface area (Å²) in [5.41, 5.74) is 7.44. The lowest BCUT2D eigenvalue weighted by Crippen LogP contribution is -2.06. The summed E-state index contributed by atoms with van der Waals surface area (Å²) in [6.07, 6.45) is 1.66. The van der Waals surface area contributed by atoms with E-state index >= 15 is 0 Å². The van der Waals surface area contributed by atoms with E-state index in [4.69, 9.17) is 15.2 Å². The highest BCUT2D eigenvalue weighted by atomic mass is 16.5. The van der Waals surface area contributed by atoms with Crippen LogP contribution in [-0.4, -0.2) is 35.6 Å². The van der Waals surface area contributed by atoms with Crippen LogP contribution in [0.4, 0.5) is 5.69 Å². The number of nitrogen functional groups attached to an aromatic ring is 1. The maximum Gasteiger partial charge on any atom is 0.165 e. The number of nitrogens with zero attached hydrogens (tertiary/aromatic N) is 3. The van der Waals surface area contributed by atoms with Crippen molar-refractivity contribution in [3.8, 4) is 17.1 Å². The van der Waals surface area contributed by atoms with Gasteiger partial charge in [-0.15, -0.1) is 10.2 Å². The zero-order valence-corrected chi connectivity index (χ0v) is 10.5. The summed E-state index contributed by atoms with van der Waals surface area (Å²) in [6.45, 7) is 1.28. The monoisotopic (exact) mass is 248 g/mol. The van der Waals surface area contributed by atoms with Gasteiger partial charge in [-0.25, -0.2) is 0 Å². The molecule has 0 saturated carbocycles. The first kappa shape index (κ1) is 12.4. The number of benzene rings is 1. The van der Waals surface area contributed by atoms with E-state index in [0.29, 0.717) is 18.8 Å². The largest absolute Gasteiger partial charge is 0.497 e. The molecule has 2 rings (SSSR count).